The summed E-state index contributed by atoms with van der Waals surface area (Å²) < 4.78 is 27.0. The van der Waals surface area contributed by atoms with Gasteiger partial charge in [0, 0.05) is 34.2 Å². The van der Waals surface area contributed by atoms with Gasteiger partial charge in [0.2, 0.25) is 0 Å². The van der Waals surface area contributed by atoms with Crippen LogP contribution in [0.5, 0.6) is 0 Å². The first-order valence-corrected chi connectivity index (χ1v) is 6.96. The minimum Gasteiger partial charge on any atom is -0.360 e. The van der Waals surface area contributed by atoms with Crippen LogP contribution in [0.2, 0.25) is 0 Å². The van der Waals surface area contributed by atoms with E-state index in [9.17, 15) is 8.78 Å². The van der Waals surface area contributed by atoms with Crippen LogP contribution in [0.1, 0.15) is 5.56 Å². The molecular weight excluding hydrogens is 282 g/mol. The molecule has 0 fully saturated rings. The molecule has 0 amide bonds. The Labute approximate surface area is 125 Å². The smallest absolute Gasteiger partial charge is 0.128 e. The number of benzene rings is 2. The van der Waals surface area contributed by atoms with Crippen molar-refractivity contribution in [3.05, 3.63) is 65.9 Å². The maximum Gasteiger partial charge on any atom is 0.128 e. The molecule has 4 rings (SSSR count). The Kier molecular flexibility index (Phi) is 2.73. The van der Waals surface area contributed by atoms with Gasteiger partial charge in [-0.25, -0.2) is 13.8 Å². The van der Waals surface area contributed by atoms with Crippen molar-refractivity contribution in [2.45, 2.75) is 6.92 Å². The Balaban J connectivity index is 1.97. The fourth-order valence-electron chi connectivity index (χ4n) is 2.77. The number of H-pyrrole nitrogens is 1. The van der Waals surface area contributed by atoms with Crippen molar-refractivity contribution in [2.75, 3.05) is 0 Å². The molecule has 0 saturated heterocycles. The second-order valence-electron chi connectivity index (χ2n) is 5.33. The monoisotopic (exact) mass is 294 g/mol. The first kappa shape index (κ1) is 13.0. The summed E-state index contributed by atoms with van der Waals surface area (Å²) in [5, 5.41) is 1.79. The molecule has 0 radical (unpaired) electrons. The maximum atomic E-state index is 13.6. The van der Waals surface area contributed by atoms with E-state index in [0.29, 0.717) is 11.1 Å². The molecule has 2 aromatic carbocycles. The number of aromatic amines is 1. The number of fused-ring (bicyclic) bond motifs is 2. The number of nitrogens with zero attached hydrogens (tertiary/aromatic N) is 1. The number of aromatic nitrogens is 2. The van der Waals surface area contributed by atoms with Gasteiger partial charge in [-0.05, 0) is 37.3 Å². The molecule has 2 aromatic heterocycles. The maximum absolute atomic E-state index is 13.6. The fraction of sp³-hybridized carbons (Fsp3) is 0.0556. The van der Waals surface area contributed by atoms with E-state index in [1.165, 1.54) is 18.2 Å². The van der Waals surface area contributed by atoms with Gasteiger partial charge in [0.15, 0.2) is 0 Å². The third kappa shape index (κ3) is 1.88. The first-order chi connectivity index (χ1) is 10.6. The molecule has 4 aromatic rings. The molecule has 0 spiro atoms. The van der Waals surface area contributed by atoms with Crippen molar-refractivity contribution in [3.8, 4) is 11.3 Å². The van der Waals surface area contributed by atoms with E-state index >= 15 is 0 Å². The number of pyridine rings is 1. The topological polar surface area (TPSA) is 28.7 Å². The number of halogens is 2. The highest BCUT2D eigenvalue weighted by Crippen LogP contribution is 2.31. The lowest BCUT2D eigenvalue weighted by Gasteiger charge is -2.03. The summed E-state index contributed by atoms with van der Waals surface area (Å²) in [6.45, 7) is 1.74. The van der Waals surface area contributed by atoms with Gasteiger partial charge < -0.3 is 4.98 Å². The molecule has 22 heavy (non-hydrogen) atoms. The molecule has 0 aliphatic heterocycles. The summed E-state index contributed by atoms with van der Waals surface area (Å²) in [7, 11) is 0. The highest BCUT2D eigenvalue weighted by atomic mass is 19.1. The Morgan fingerprint density at radius 1 is 1.00 bits per heavy atom. The van der Waals surface area contributed by atoms with Crippen molar-refractivity contribution >= 4 is 21.8 Å². The number of aryl methyl sites for hydroxylation is 1. The second-order valence-corrected chi connectivity index (χ2v) is 5.33. The van der Waals surface area contributed by atoms with Crippen LogP contribution in [0, 0.1) is 18.6 Å². The number of nitrogens with one attached hydrogen (secondary N) is 1. The molecule has 0 aliphatic rings. The van der Waals surface area contributed by atoms with Crippen LogP contribution in [0.15, 0.2) is 48.7 Å². The fourth-order valence-corrected chi connectivity index (χ4v) is 2.77. The molecule has 2 heterocycles. The molecule has 2 nitrogen and oxygen atoms in total. The van der Waals surface area contributed by atoms with E-state index in [1.54, 1.807) is 19.1 Å². The van der Waals surface area contributed by atoms with Gasteiger partial charge >= 0.3 is 0 Å². The number of rotatable bonds is 1. The summed E-state index contributed by atoms with van der Waals surface area (Å²) in [6, 6.07) is 11.5. The number of hydrogen-bond donors (Lipinski definition) is 1. The van der Waals surface area contributed by atoms with Gasteiger partial charge in [0.05, 0.1) is 16.7 Å². The summed E-state index contributed by atoms with van der Waals surface area (Å²) in [6.07, 6.45) is 1.81. The normalized spacial score (nSPS) is 11.4. The standard InChI is InChI=1S/C18H12F2N2/c1-10-15(20)6-5-13-14(9-21-18(10)13)16-7-3-11-2-4-12(19)8-17(11)22-16/h2-9,21H,1H3. The first-order valence-electron chi connectivity index (χ1n) is 6.96. The lowest BCUT2D eigenvalue weighted by molar-refractivity contribution is 0.620. The van der Waals surface area contributed by atoms with E-state index in [0.717, 1.165) is 27.5 Å². The molecular formula is C18H12F2N2. The summed E-state index contributed by atoms with van der Waals surface area (Å²) in [4.78, 5) is 7.63. The quantitative estimate of drug-likeness (QED) is 0.527. The summed E-state index contributed by atoms with van der Waals surface area (Å²) in [5.74, 6) is -0.552. The van der Waals surface area contributed by atoms with Gasteiger partial charge in [0.25, 0.3) is 0 Å². The van der Waals surface area contributed by atoms with Crippen LogP contribution in [0.25, 0.3) is 33.1 Å². The van der Waals surface area contributed by atoms with E-state index < -0.39 is 0 Å². The zero-order chi connectivity index (χ0) is 15.3. The zero-order valence-electron chi connectivity index (χ0n) is 11.8. The third-order valence-corrected chi connectivity index (χ3v) is 3.98. The van der Waals surface area contributed by atoms with E-state index in [1.807, 2.05) is 18.3 Å². The second kappa shape index (κ2) is 4.63. The van der Waals surface area contributed by atoms with Crippen LogP contribution < -0.4 is 0 Å². The van der Waals surface area contributed by atoms with Gasteiger partial charge in [-0.1, -0.05) is 6.07 Å². The summed E-state index contributed by atoms with van der Waals surface area (Å²) in [5.41, 5.74) is 3.55. The number of hydrogen-bond acceptors (Lipinski definition) is 1. The van der Waals surface area contributed by atoms with Crippen molar-refractivity contribution < 1.29 is 8.78 Å². The largest absolute Gasteiger partial charge is 0.360 e. The summed E-state index contributed by atoms with van der Waals surface area (Å²) >= 11 is 0. The van der Waals surface area contributed by atoms with Crippen molar-refractivity contribution in [2.24, 2.45) is 0 Å². The molecule has 0 bridgehead atoms. The molecule has 108 valence electrons. The van der Waals surface area contributed by atoms with Gasteiger partial charge in [-0.15, -0.1) is 0 Å². The molecule has 0 atom stereocenters. The molecule has 0 unspecified atom stereocenters. The van der Waals surface area contributed by atoms with Gasteiger partial charge in [-0.3, -0.25) is 0 Å². The molecule has 0 saturated carbocycles. The van der Waals surface area contributed by atoms with Crippen LogP contribution in [-0.2, 0) is 0 Å². The minimum atomic E-state index is -0.311. The lowest BCUT2D eigenvalue weighted by Crippen LogP contribution is -1.86. The van der Waals surface area contributed by atoms with E-state index in [2.05, 4.69) is 9.97 Å². The SMILES string of the molecule is Cc1c(F)ccc2c(-c3ccc4ccc(F)cc4n3)c[nH]c12. The highest BCUT2D eigenvalue weighted by Gasteiger charge is 2.12. The Hall–Kier alpha value is -2.75. The van der Waals surface area contributed by atoms with E-state index in [-0.39, 0.29) is 11.6 Å². The van der Waals surface area contributed by atoms with Gasteiger partial charge in [0.1, 0.15) is 11.6 Å². The van der Waals surface area contributed by atoms with E-state index in [4.69, 9.17) is 0 Å². The van der Waals surface area contributed by atoms with Crippen LogP contribution >= 0.6 is 0 Å². The Morgan fingerprint density at radius 3 is 2.68 bits per heavy atom. The zero-order valence-corrected chi connectivity index (χ0v) is 11.8. The average Bonchev–Trinajstić information content (AvgIpc) is 2.95. The van der Waals surface area contributed by atoms with Crippen LogP contribution in [0.4, 0.5) is 8.78 Å². The predicted molar refractivity (Wildman–Crippen MR) is 83.7 cm³/mol. The third-order valence-electron chi connectivity index (χ3n) is 3.98. The van der Waals surface area contributed by atoms with Crippen molar-refractivity contribution in [1.82, 2.24) is 9.97 Å². The Bertz CT molecular complexity index is 1020. The lowest BCUT2D eigenvalue weighted by atomic mass is 10.1. The average molecular weight is 294 g/mol. The molecule has 0 aliphatic carbocycles. The minimum absolute atomic E-state index is 0.241. The highest BCUT2D eigenvalue weighted by molar-refractivity contribution is 5.97. The molecule has 4 heteroatoms. The van der Waals surface area contributed by atoms with Crippen LogP contribution in [0.3, 0.4) is 0 Å². The van der Waals surface area contributed by atoms with Crippen molar-refractivity contribution in [3.63, 3.8) is 0 Å². The molecule has 1 N–H and O–H groups in total. The van der Waals surface area contributed by atoms with Crippen molar-refractivity contribution in [1.29, 1.82) is 0 Å². The predicted octanol–water partition coefficient (Wildman–Crippen LogP) is 4.97. The Morgan fingerprint density at radius 2 is 1.82 bits per heavy atom. The van der Waals surface area contributed by atoms with Crippen LogP contribution in [-0.4, -0.2) is 9.97 Å². The van der Waals surface area contributed by atoms with Gasteiger partial charge in [-0.2, -0.15) is 0 Å².